The first kappa shape index (κ1) is 5.47. The summed E-state index contributed by atoms with van der Waals surface area (Å²) in [4.78, 5) is 0. The number of nitrogens with one attached hydrogen (secondary N) is 1. The number of hydroxylamine groups is 1. The topological polar surface area (TPSA) is 38.3 Å². The molecule has 8 heavy (non-hydrogen) atoms. The fourth-order valence-electron chi connectivity index (χ4n) is 0.368. The van der Waals surface area contributed by atoms with Crippen molar-refractivity contribution in [3.8, 4) is 0 Å². The smallest absolute Gasteiger partial charge is 0.113 e. The fraction of sp³-hybridized carbons (Fsp3) is 0. The third kappa shape index (κ3) is 0.936. The maximum absolute atomic E-state index is 10.3. The van der Waals surface area contributed by atoms with Gasteiger partial charge in [-0.05, 0) is 12.2 Å². The Morgan fingerprint density at radius 1 is 1.75 bits per heavy atom. The molecule has 0 aromatic heterocycles. The molecule has 1 aliphatic heterocycles. The highest BCUT2D eigenvalue weighted by Crippen LogP contribution is 2.07. The third-order valence-corrected chi connectivity index (χ3v) is 0.995. The summed E-state index contributed by atoms with van der Waals surface area (Å²) in [6.45, 7) is 0. The monoisotopic (exact) mass is 131 g/mol. The predicted molar refractivity (Wildman–Crippen MR) is 31.4 cm³/mol. The van der Waals surface area contributed by atoms with Gasteiger partial charge in [0.15, 0.2) is 0 Å². The summed E-state index contributed by atoms with van der Waals surface area (Å²) < 4.78 is 0. The van der Waals surface area contributed by atoms with E-state index in [1.54, 1.807) is 6.08 Å². The van der Waals surface area contributed by atoms with Gasteiger partial charge >= 0.3 is 0 Å². The first-order valence-corrected chi connectivity index (χ1v) is 2.44. The molecule has 3 nitrogen and oxygen atoms in total. The molecule has 0 aromatic rings. The fourth-order valence-corrected chi connectivity index (χ4v) is 0.489. The van der Waals surface area contributed by atoms with Gasteiger partial charge in [0, 0.05) is 6.20 Å². The second kappa shape index (κ2) is 2.07. The molecule has 1 rings (SSSR count). The van der Waals surface area contributed by atoms with Crippen LogP contribution in [0.5, 0.6) is 0 Å². The van der Waals surface area contributed by atoms with Crippen molar-refractivity contribution in [1.29, 1.82) is 0 Å². The molecule has 1 heterocycles. The molecule has 0 spiro atoms. The third-order valence-electron chi connectivity index (χ3n) is 0.716. The summed E-state index contributed by atoms with van der Waals surface area (Å²) in [5, 5.41) is 11.0. The van der Waals surface area contributed by atoms with Crippen molar-refractivity contribution < 1.29 is 0 Å². The Morgan fingerprint density at radius 3 is 2.88 bits per heavy atom. The first-order valence-electron chi connectivity index (χ1n) is 2.06. The number of allylic oxidation sites excluding steroid dienone is 2. The van der Waals surface area contributed by atoms with E-state index in [-0.39, 0.29) is 5.16 Å². The van der Waals surface area contributed by atoms with Crippen LogP contribution in [-0.2, 0) is 0 Å². The van der Waals surface area contributed by atoms with Crippen molar-refractivity contribution in [2.45, 2.75) is 0 Å². The summed E-state index contributed by atoms with van der Waals surface area (Å²) in [5.41, 5.74) is 2.33. The summed E-state index contributed by atoms with van der Waals surface area (Å²) in [7, 11) is 0. The molecule has 0 bridgehead atoms. The van der Waals surface area contributed by atoms with Crippen LogP contribution in [0.3, 0.4) is 0 Å². The average molecular weight is 132 g/mol. The van der Waals surface area contributed by atoms with Crippen molar-refractivity contribution in [2.24, 2.45) is 0 Å². The molecule has 44 valence electrons. The molecule has 0 fully saturated rings. The van der Waals surface area contributed by atoms with Gasteiger partial charge in [-0.3, -0.25) is 0 Å². The van der Waals surface area contributed by atoms with Gasteiger partial charge in [0.2, 0.25) is 0 Å². The summed E-state index contributed by atoms with van der Waals surface area (Å²) in [6, 6.07) is 0. The highest BCUT2D eigenvalue weighted by Gasteiger charge is 1.92. The molecule has 0 unspecified atom stereocenters. The van der Waals surface area contributed by atoms with Crippen LogP contribution in [0.25, 0.3) is 0 Å². The van der Waals surface area contributed by atoms with E-state index in [0.717, 1.165) is 0 Å². The summed E-state index contributed by atoms with van der Waals surface area (Å²) >= 11 is 5.33. The van der Waals surface area contributed by atoms with Crippen LogP contribution in [0.1, 0.15) is 0 Å². The van der Waals surface area contributed by atoms with Crippen LogP contribution in [-0.4, -0.2) is 5.17 Å². The second-order valence-corrected chi connectivity index (χ2v) is 1.66. The van der Waals surface area contributed by atoms with Crippen LogP contribution in [0, 0.1) is 5.21 Å². The molecule has 0 aliphatic carbocycles. The molecule has 0 atom stereocenters. The van der Waals surface area contributed by atoms with E-state index in [4.69, 9.17) is 11.6 Å². The van der Waals surface area contributed by atoms with Gasteiger partial charge in [0.1, 0.15) is 5.16 Å². The molecule has 0 aromatic carbocycles. The largest absolute Gasteiger partial charge is 0.738 e. The van der Waals surface area contributed by atoms with Crippen molar-refractivity contribution >= 4 is 11.6 Å². The Morgan fingerprint density at radius 2 is 2.50 bits per heavy atom. The summed E-state index contributed by atoms with van der Waals surface area (Å²) in [6.07, 6.45) is 4.65. The number of rotatable bonds is 0. The normalized spacial score (nSPS) is 17.8. The summed E-state index contributed by atoms with van der Waals surface area (Å²) in [5.74, 6) is 0. The van der Waals surface area contributed by atoms with Crippen molar-refractivity contribution in [1.82, 2.24) is 10.6 Å². The molecular formula is C4H4ClN2O-. The molecule has 0 saturated carbocycles. The van der Waals surface area contributed by atoms with E-state index in [0.29, 0.717) is 5.17 Å². The zero-order valence-electron chi connectivity index (χ0n) is 3.97. The van der Waals surface area contributed by atoms with Crippen LogP contribution in [0.2, 0.25) is 0 Å². The average Bonchev–Trinajstić information content (AvgIpc) is 1.77. The minimum absolute atomic E-state index is 0.146. The van der Waals surface area contributed by atoms with Gasteiger partial charge in [-0.15, -0.1) is 0 Å². The quantitative estimate of drug-likeness (QED) is 0.497. The SMILES string of the molecule is [O-]N1NC=CC=C1Cl. The molecule has 0 saturated heterocycles. The number of hydrogen-bond acceptors (Lipinski definition) is 3. The zero-order valence-corrected chi connectivity index (χ0v) is 4.72. The minimum atomic E-state index is 0.146. The van der Waals surface area contributed by atoms with Gasteiger partial charge in [-0.1, -0.05) is 11.6 Å². The lowest BCUT2D eigenvalue weighted by atomic mass is 10.5. The van der Waals surface area contributed by atoms with Crippen molar-refractivity contribution in [2.75, 3.05) is 0 Å². The van der Waals surface area contributed by atoms with Gasteiger partial charge in [-0.25, -0.2) is 0 Å². The molecular weight excluding hydrogens is 128 g/mol. The van der Waals surface area contributed by atoms with Gasteiger partial charge in [0.05, 0.1) is 0 Å². The Balaban J connectivity index is 2.66. The van der Waals surface area contributed by atoms with E-state index in [1.165, 1.54) is 12.3 Å². The van der Waals surface area contributed by atoms with E-state index in [9.17, 15) is 5.21 Å². The Bertz CT molecular complexity index is 143. The molecule has 0 radical (unpaired) electrons. The lowest BCUT2D eigenvalue weighted by Gasteiger charge is -2.30. The number of halogens is 1. The molecule has 4 heteroatoms. The Hall–Kier alpha value is -0.670. The number of nitrogens with zero attached hydrogens (tertiary/aromatic N) is 1. The Labute approximate surface area is 51.8 Å². The van der Waals surface area contributed by atoms with Crippen molar-refractivity contribution in [3.63, 3.8) is 0 Å². The lowest BCUT2D eigenvalue weighted by Crippen LogP contribution is -2.26. The van der Waals surface area contributed by atoms with E-state index >= 15 is 0 Å². The molecule has 0 amide bonds. The number of hydrazine groups is 1. The van der Waals surface area contributed by atoms with Gasteiger partial charge in [-0.2, -0.15) is 0 Å². The van der Waals surface area contributed by atoms with Crippen LogP contribution < -0.4 is 5.43 Å². The lowest BCUT2D eigenvalue weighted by molar-refractivity contribution is 0.417. The number of hydrogen-bond donors (Lipinski definition) is 1. The van der Waals surface area contributed by atoms with E-state index < -0.39 is 0 Å². The molecule has 1 N–H and O–H groups in total. The maximum Gasteiger partial charge on any atom is 0.113 e. The van der Waals surface area contributed by atoms with Gasteiger partial charge < -0.3 is 15.8 Å². The van der Waals surface area contributed by atoms with Crippen LogP contribution in [0.15, 0.2) is 23.5 Å². The highest BCUT2D eigenvalue weighted by atomic mass is 35.5. The van der Waals surface area contributed by atoms with Crippen molar-refractivity contribution in [3.05, 3.63) is 28.7 Å². The predicted octanol–water partition coefficient (Wildman–Crippen LogP) is 0.898. The van der Waals surface area contributed by atoms with Crippen LogP contribution in [0.4, 0.5) is 0 Å². The second-order valence-electron chi connectivity index (χ2n) is 1.27. The van der Waals surface area contributed by atoms with Gasteiger partial charge in [0.25, 0.3) is 0 Å². The standard InChI is InChI=1S/C4H4ClN2O/c5-4-2-1-3-6-7(4)8/h1-3,6H/q-1. The molecule has 1 aliphatic rings. The zero-order chi connectivity index (χ0) is 5.98. The minimum Gasteiger partial charge on any atom is -0.738 e. The van der Waals surface area contributed by atoms with E-state index in [1.807, 2.05) is 0 Å². The first-order chi connectivity index (χ1) is 3.80. The van der Waals surface area contributed by atoms with E-state index in [2.05, 4.69) is 5.43 Å². The maximum atomic E-state index is 10.3. The van der Waals surface area contributed by atoms with Crippen LogP contribution >= 0.6 is 11.6 Å². The Kier molecular flexibility index (Phi) is 1.41. The highest BCUT2D eigenvalue weighted by molar-refractivity contribution is 6.29.